The van der Waals surface area contributed by atoms with Gasteiger partial charge in [0.15, 0.2) is 0 Å². The van der Waals surface area contributed by atoms with Crippen LogP contribution in [0.15, 0.2) is 36.4 Å². The Hall–Kier alpha value is -2.40. The summed E-state index contributed by atoms with van der Waals surface area (Å²) in [4.78, 5) is 26.7. The lowest BCUT2D eigenvalue weighted by atomic mass is 10.1. The van der Waals surface area contributed by atoms with Crippen molar-refractivity contribution in [3.8, 4) is 0 Å². The van der Waals surface area contributed by atoms with E-state index in [4.69, 9.17) is 11.6 Å². The van der Waals surface area contributed by atoms with Crippen LogP contribution >= 0.6 is 11.6 Å². The molecule has 1 aliphatic rings. The van der Waals surface area contributed by atoms with Crippen molar-refractivity contribution < 1.29 is 14.0 Å². The Morgan fingerprint density at radius 2 is 1.88 bits per heavy atom. The second-order valence-corrected chi connectivity index (χ2v) is 6.68. The van der Waals surface area contributed by atoms with Crippen LogP contribution in [0, 0.1) is 19.7 Å². The first-order valence-corrected chi connectivity index (χ1v) is 8.38. The summed E-state index contributed by atoms with van der Waals surface area (Å²) in [7, 11) is 0. The summed E-state index contributed by atoms with van der Waals surface area (Å²) in [6.07, 6.45) is 0.491. The smallest absolute Gasteiger partial charge is 0.253 e. The van der Waals surface area contributed by atoms with Crippen LogP contribution in [0.25, 0.3) is 0 Å². The van der Waals surface area contributed by atoms with Gasteiger partial charge in [-0.15, -0.1) is 0 Å². The van der Waals surface area contributed by atoms with Crippen LogP contribution in [0.3, 0.4) is 0 Å². The standard InChI is InChI=1S/C19H18ClFN2O2/c1-11-7-12(2)9-14(8-11)23-6-5-17(19(23)25)22-18(24)15-10-13(21)3-4-16(15)20/h3-4,7-10,17H,5-6H2,1-2H3,(H,22,24)/t17-/m1/s1. The van der Waals surface area contributed by atoms with Crippen LogP contribution < -0.4 is 10.2 Å². The minimum absolute atomic E-state index is 0.0271. The molecule has 2 aromatic carbocycles. The number of carbonyl (C=O) groups is 2. The molecule has 0 unspecified atom stereocenters. The van der Waals surface area contributed by atoms with E-state index in [1.165, 1.54) is 12.1 Å². The molecule has 1 saturated heterocycles. The molecule has 0 saturated carbocycles. The third kappa shape index (κ3) is 3.66. The third-order valence-electron chi connectivity index (χ3n) is 4.20. The van der Waals surface area contributed by atoms with E-state index < -0.39 is 17.8 Å². The molecule has 6 heteroatoms. The molecule has 2 aromatic rings. The van der Waals surface area contributed by atoms with Gasteiger partial charge in [0.05, 0.1) is 10.6 Å². The molecule has 1 heterocycles. The molecule has 4 nitrogen and oxygen atoms in total. The Kier molecular flexibility index (Phi) is 4.77. The number of amides is 2. The van der Waals surface area contributed by atoms with Crippen molar-refractivity contribution in [2.24, 2.45) is 0 Å². The molecule has 1 fully saturated rings. The lowest BCUT2D eigenvalue weighted by Crippen LogP contribution is -2.41. The van der Waals surface area contributed by atoms with E-state index in [-0.39, 0.29) is 16.5 Å². The monoisotopic (exact) mass is 360 g/mol. The first-order chi connectivity index (χ1) is 11.8. The maximum Gasteiger partial charge on any atom is 0.253 e. The van der Waals surface area contributed by atoms with Gasteiger partial charge in [-0.25, -0.2) is 4.39 Å². The molecular formula is C19H18ClFN2O2. The molecule has 0 aliphatic carbocycles. The fourth-order valence-corrected chi connectivity index (χ4v) is 3.29. The zero-order valence-electron chi connectivity index (χ0n) is 14.0. The summed E-state index contributed by atoms with van der Waals surface area (Å²) < 4.78 is 13.3. The minimum atomic E-state index is -0.646. The first kappa shape index (κ1) is 17.4. The quantitative estimate of drug-likeness (QED) is 0.908. The van der Waals surface area contributed by atoms with Gasteiger partial charge in [-0.2, -0.15) is 0 Å². The predicted octanol–water partition coefficient (Wildman–Crippen LogP) is 3.63. The number of benzene rings is 2. The highest BCUT2D eigenvalue weighted by molar-refractivity contribution is 6.33. The zero-order chi connectivity index (χ0) is 18.1. The molecular weight excluding hydrogens is 343 g/mol. The molecule has 0 bridgehead atoms. The maximum absolute atomic E-state index is 13.3. The summed E-state index contributed by atoms with van der Waals surface area (Å²) in [5.74, 6) is -1.28. The largest absolute Gasteiger partial charge is 0.340 e. The number of carbonyl (C=O) groups excluding carboxylic acids is 2. The van der Waals surface area contributed by atoms with Gasteiger partial charge >= 0.3 is 0 Å². The number of anilines is 1. The van der Waals surface area contributed by atoms with E-state index in [0.29, 0.717) is 13.0 Å². The van der Waals surface area contributed by atoms with Gasteiger partial charge < -0.3 is 10.2 Å². The zero-order valence-corrected chi connectivity index (χ0v) is 14.7. The van der Waals surface area contributed by atoms with Gasteiger partial charge in [-0.1, -0.05) is 17.7 Å². The lowest BCUT2D eigenvalue weighted by Gasteiger charge is -2.18. The van der Waals surface area contributed by atoms with Gasteiger partial charge in [0.2, 0.25) is 5.91 Å². The van der Waals surface area contributed by atoms with Crippen LogP contribution in [0.2, 0.25) is 5.02 Å². The minimum Gasteiger partial charge on any atom is -0.340 e. The summed E-state index contributed by atoms with van der Waals surface area (Å²) >= 11 is 5.95. The number of nitrogens with one attached hydrogen (secondary N) is 1. The van der Waals surface area contributed by atoms with Gasteiger partial charge in [-0.05, 0) is 61.7 Å². The van der Waals surface area contributed by atoms with Crippen molar-refractivity contribution in [1.82, 2.24) is 5.32 Å². The highest BCUT2D eigenvalue weighted by Gasteiger charge is 2.34. The van der Waals surface area contributed by atoms with E-state index in [0.717, 1.165) is 22.9 Å². The number of hydrogen-bond acceptors (Lipinski definition) is 2. The molecule has 2 amide bonds. The molecule has 0 radical (unpaired) electrons. The molecule has 1 aliphatic heterocycles. The fourth-order valence-electron chi connectivity index (χ4n) is 3.08. The van der Waals surface area contributed by atoms with E-state index in [2.05, 4.69) is 5.32 Å². The Morgan fingerprint density at radius 3 is 2.56 bits per heavy atom. The van der Waals surface area contributed by atoms with Crippen molar-refractivity contribution in [3.05, 3.63) is 63.9 Å². The average Bonchev–Trinajstić information content (AvgIpc) is 2.89. The van der Waals surface area contributed by atoms with E-state index >= 15 is 0 Å². The Bertz CT molecular complexity index is 833. The van der Waals surface area contributed by atoms with Crippen LogP contribution in [0.1, 0.15) is 27.9 Å². The van der Waals surface area contributed by atoms with E-state index in [1.807, 2.05) is 32.0 Å². The highest BCUT2D eigenvalue weighted by Crippen LogP contribution is 2.25. The number of halogens is 2. The topological polar surface area (TPSA) is 49.4 Å². The van der Waals surface area contributed by atoms with Crippen LogP contribution in [-0.4, -0.2) is 24.4 Å². The number of hydrogen-bond donors (Lipinski definition) is 1. The summed E-state index contributed by atoms with van der Waals surface area (Å²) in [5.41, 5.74) is 2.99. The highest BCUT2D eigenvalue weighted by atomic mass is 35.5. The molecule has 0 aromatic heterocycles. The van der Waals surface area contributed by atoms with Crippen molar-refractivity contribution >= 4 is 29.1 Å². The third-order valence-corrected chi connectivity index (χ3v) is 4.53. The van der Waals surface area contributed by atoms with Crippen molar-refractivity contribution in [2.75, 3.05) is 11.4 Å². The molecule has 130 valence electrons. The van der Waals surface area contributed by atoms with Gasteiger partial charge in [-0.3, -0.25) is 9.59 Å². The molecule has 1 N–H and O–H groups in total. The van der Waals surface area contributed by atoms with Crippen molar-refractivity contribution in [2.45, 2.75) is 26.3 Å². The molecule has 3 rings (SSSR count). The van der Waals surface area contributed by atoms with E-state index in [9.17, 15) is 14.0 Å². The second kappa shape index (κ2) is 6.84. The molecule has 1 atom stereocenters. The van der Waals surface area contributed by atoms with Crippen LogP contribution in [0.4, 0.5) is 10.1 Å². The average molecular weight is 361 g/mol. The number of rotatable bonds is 3. The van der Waals surface area contributed by atoms with Gasteiger partial charge in [0, 0.05) is 12.2 Å². The SMILES string of the molecule is Cc1cc(C)cc(N2CC[C@@H](NC(=O)c3cc(F)ccc3Cl)C2=O)c1. The lowest BCUT2D eigenvalue weighted by molar-refractivity contribution is -0.118. The number of aryl methyl sites for hydroxylation is 2. The first-order valence-electron chi connectivity index (χ1n) is 8.01. The van der Waals surface area contributed by atoms with Crippen LogP contribution in [0.5, 0.6) is 0 Å². The number of nitrogens with zero attached hydrogens (tertiary/aromatic N) is 1. The van der Waals surface area contributed by atoms with Crippen molar-refractivity contribution in [1.29, 1.82) is 0 Å². The normalized spacial score (nSPS) is 17.0. The molecule has 25 heavy (non-hydrogen) atoms. The Morgan fingerprint density at radius 1 is 1.20 bits per heavy atom. The Balaban J connectivity index is 1.76. The Labute approximate surface area is 150 Å². The second-order valence-electron chi connectivity index (χ2n) is 6.27. The summed E-state index contributed by atoms with van der Waals surface area (Å²) in [6.45, 7) is 4.47. The molecule has 0 spiro atoms. The van der Waals surface area contributed by atoms with Gasteiger partial charge in [0.25, 0.3) is 5.91 Å². The summed E-state index contributed by atoms with van der Waals surface area (Å²) in [6, 6.07) is 8.85. The fraction of sp³-hybridized carbons (Fsp3) is 0.263. The van der Waals surface area contributed by atoms with Crippen molar-refractivity contribution in [3.63, 3.8) is 0 Å². The van der Waals surface area contributed by atoms with E-state index in [1.54, 1.807) is 4.90 Å². The van der Waals surface area contributed by atoms with Crippen LogP contribution in [-0.2, 0) is 4.79 Å². The maximum atomic E-state index is 13.3. The van der Waals surface area contributed by atoms with Gasteiger partial charge in [0.1, 0.15) is 11.9 Å². The predicted molar refractivity (Wildman–Crippen MR) is 95.6 cm³/mol. The summed E-state index contributed by atoms with van der Waals surface area (Å²) in [5, 5.41) is 2.81.